The van der Waals surface area contributed by atoms with Gasteiger partial charge >= 0.3 is 5.97 Å². The van der Waals surface area contributed by atoms with E-state index in [0.717, 1.165) is 16.5 Å². The van der Waals surface area contributed by atoms with E-state index >= 15 is 0 Å². The zero-order valence-electron chi connectivity index (χ0n) is 15.7. The second-order valence-electron chi connectivity index (χ2n) is 6.62. The molecule has 0 heterocycles. The third-order valence-corrected chi connectivity index (χ3v) is 4.65. The summed E-state index contributed by atoms with van der Waals surface area (Å²) < 4.78 is 10.2. The Morgan fingerprint density at radius 1 is 0.964 bits per heavy atom. The molecule has 0 bridgehead atoms. The molecule has 0 aliphatic heterocycles. The van der Waals surface area contributed by atoms with Crippen LogP contribution in [0.4, 0.5) is 0 Å². The fourth-order valence-electron chi connectivity index (χ4n) is 2.73. The van der Waals surface area contributed by atoms with Crippen molar-refractivity contribution in [2.24, 2.45) is 0 Å². The van der Waals surface area contributed by atoms with Crippen LogP contribution in [0.5, 0.6) is 5.75 Å². The van der Waals surface area contributed by atoms with Crippen LogP contribution in [-0.2, 0) is 9.53 Å². The highest BCUT2D eigenvalue weighted by Crippen LogP contribution is 2.25. The lowest BCUT2D eigenvalue weighted by molar-refractivity contribution is -0.157. The first-order chi connectivity index (χ1) is 13.3. The van der Waals surface area contributed by atoms with Gasteiger partial charge in [-0.25, -0.2) is 0 Å². The van der Waals surface area contributed by atoms with Crippen molar-refractivity contribution in [3.63, 3.8) is 0 Å². The lowest BCUT2D eigenvalue weighted by atomic mass is 9.97. The maximum atomic E-state index is 12.3. The molecule has 2 aromatic rings. The summed E-state index contributed by atoms with van der Waals surface area (Å²) in [6, 6.07) is 11.1. The number of methoxy groups -OCH3 is 1. The number of ether oxygens (including phenoxy) is 2. The lowest BCUT2D eigenvalue weighted by Gasteiger charge is -2.25. The molecule has 0 aliphatic rings. The standard InChI is InChI=1S/C20H26O8/c1-11(12-3-4-14-8-15(27-2)6-5-13(14)7-12)20(26)28-10-17(23)19(25)18(24)16(22)9-21/h3-8,11,16-19,21-25H,9-10H2,1-2H3/t11-,16?,17?,18?,19?/m0/s1. The van der Waals surface area contributed by atoms with E-state index in [1.165, 1.54) is 0 Å². The molecule has 0 saturated carbocycles. The Bertz CT molecular complexity index is 793. The molecule has 0 fully saturated rings. The Hall–Kier alpha value is -2.23. The molecule has 28 heavy (non-hydrogen) atoms. The number of benzene rings is 2. The Balaban J connectivity index is 1.99. The fraction of sp³-hybridized carbons (Fsp3) is 0.450. The molecular formula is C20H26O8. The minimum atomic E-state index is -1.78. The molecule has 5 atom stereocenters. The van der Waals surface area contributed by atoms with Gasteiger partial charge in [0, 0.05) is 0 Å². The second-order valence-corrected chi connectivity index (χ2v) is 6.62. The summed E-state index contributed by atoms with van der Waals surface area (Å²) in [5.41, 5.74) is 0.716. The first-order valence-corrected chi connectivity index (χ1v) is 8.86. The summed E-state index contributed by atoms with van der Waals surface area (Å²) in [5.74, 6) is -0.506. The van der Waals surface area contributed by atoms with Crippen molar-refractivity contribution < 1.29 is 39.8 Å². The van der Waals surface area contributed by atoms with Gasteiger partial charge in [-0.15, -0.1) is 0 Å². The quantitative estimate of drug-likeness (QED) is 0.373. The smallest absolute Gasteiger partial charge is 0.313 e. The number of hydrogen-bond donors (Lipinski definition) is 5. The third kappa shape index (κ3) is 5.18. The molecule has 4 unspecified atom stereocenters. The van der Waals surface area contributed by atoms with Gasteiger partial charge in [-0.2, -0.15) is 0 Å². The number of rotatable bonds is 9. The van der Waals surface area contributed by atoms with Gasteiger partial charge in [0.15, 0.2) is 0 Å². The Labute approximate surface area is 162 Å². The average Bonchev–Trinajstić information content (AvgIpc) is 2.73. The summed E-state index contributed by atoms with van der Waals surface area (Å²) in [6.45, 7) is 0.306. The van der Waals surface area contributed by atoms with Crippen LogP contribution in [0, 0.1) is 0 Å². The summed E-state index contributed by atoms with van der Waals surface area (Å²) in [7, 11) is 1.59. The van der Waals surface area contributed by atoms with Gasteiger partial charge in [0.1, 0.15) is 36.8 Å². The number of aliphatic hydroxyl groups is 5. The highest BCUT2D eigenvalue weighted by molar-refractivity contribution is 5.86. The van der Waals surface area contributed by atoms with Gasteiger partial charge in [0.2, 0.25) is 0 Å². The number of hydrogen-bond acceptors (Lipinski definition) is 8. The average molecular weight is 394 g/mol. The van der Waals surface area contributed by atoms with Gasteiger partial charge in [-0.3, -0.25) is 4.79 Å². The molecule has 0 aromatic heterocycles. The molecule has 8 nitrogen and oxygen atoms in total. The molecule has 2 rings (SSSR count). The Morgan fingerprint density at radius 2 is 1.57 bits per heavy atom. The summed E-state index contributed by atoms with van der Waals surface area (Å²) in [6.07, 6.45) is -6.78. The van der Waals surface area contributed by atoms with E-state index < -0.39 is 49.5 Å². The predicted octanol–water partition coefficient (Wildman–Crippen LogP) is -0.0690. The second kappa shape index (κ2) is 9.81. The van der Waals surface area contributed by atoms with Gasteiger partial charge in [-0.05, 0) is 35.4 Å². The minimum Gasteiger partial charge on any atom is -0.497 e. The minimum absolute atomic E-state index is 0.565. The SMILES string of the molecule is COc1ccc2cc([C@H](C)C(=O)OCC(O)C(O)C(O)C(O)CO)ccc2c1. The topological polar surface area (TPSA) is 137 Å². The molecular weight excluding hydrogens is 368 g/mol. The maximum Gasteiger partial charge on any atom is 0.313 e. The normalized spacial score (nSPS) is 16.8. The molecule has 154 valence electrons. The van der Waals surface area contributed by atoms with Crippen molar-refractivity contribution in [3.8, 4) is 5.75 Å². The molecule has 0 radical (unpaired) electrons. The van der Waals surface area contributed by atoms with Crippen LogP contribution in [0.2, 0.25) is 0 Å². The van der Waals surface area contributed by atoms with E-state index in [2.05, 4.69) is 0 Å². The van der Waals surface area contributed by atoms with Crippen LogP contribution in [0.1, 0.15) is 18.4 Å². The van der Waals surface area contributed by atoms with E-state index in [1.807, 2.05) is 30.3 Å². The number of fused-ring (bicyclic) bond motifs is 1. The fourth-order valence-corrected chi connectivity index (χ4v) is 2.73. The number of carbonyl (C=O) groups is 1. The zero-order chi connectivity index (χ0) is 20.8. The van der Waals surface area contributed by atoms with Gasteiger partial charge < -0.3 is 35.0 Å². The lowest BCUT2D eigenvalue weighted by Crippen LogP contribution is -2.47. The zero-order valence-corrected chi connectivity index (χ0v) is 15.7. The van der Waals surface area contributed by atoms with Crippen LogP contribution in [0.25, 0.3) is 10.8 Å². The van der Waals surface area contributed by atoms with Crippen molar-refractivity contribution in [1.29, 1.82) is 0 Å². The number of aliphatic hydroxyl groups excluding tert-OH is 5. The van der Waals surface area contributed by atoms with Crippen LogP contribution >= 0.6 is 0 Å². The van der Waals surface area contributed by atoms with E-state index in [1.54, 1.807) is 20.1 Å². The predicted molar refractivity (Wildman–Crippen MR) is 101 cm³/mol. The maximum absolute atomic E-state index is 12.3. The largest absolute Gasteiger partial charge is 0.497 e. The van der Waals surface area contributed by atoms with Crippen LogP contribution < -0.4 is 4.74 Å². The van der Waals surface area contributed by atoms with Crippen molar-refractivity contribution in [3.05, 3.63) is 42.0 Å². The third-order valence-electron chi connectivity index (χ3n) is 4.65. The van der Waals surface area contributed by atoms with Crippen molar-refractivity contribution in [2.75, 3.05) is 20.3 Å². The van der Waals surface area contributed by atoms with Gasteiger partial charge in [0.05, 0.1) is 19.6 Å². The highest BCUT2D eigenvalue weighted by atomic mass is 16.5. The van der Waals surface area contributed by atoms with E-state index in [4.69, 9.17) is 14.6 Å². The highest BCUT2D eigenvalue weighted by Gasteiger charge is 2.31. The molecule has 0 aliphatic carbocycles. The van der Waals surface area contributed by atoms with E-state index in [9.17, 15) is 25.2 Å². The van der Waals surface area contributed by atoms with Crippen molar-refractivity contribution >= 4 is 16.7 Å². The Kier molecular flexibility index (Phi) is 7.73. The number of carbonyl (C=O) groups excluding carboxylic acids is 1. The molecule has 0 saturated heterocycles. The molecule has 0 spiro atoms. The first kappa shape index (κ1) is 22.1. The van der Waals surface area contributed by atoms with Crippen molar-refractivity contribution in [1.82, 2.24) is 0 Å². The summed E-state index contributed by atoms with van der Waals surface area (Å²) in [5, 5.41) is 49.1. The Morgan fingerprint density at radius 3 is 2.21 bits per heavy atom. The first-order valence-electron chi connectivity index (χ1n) is 8.86. The monoisotopic (exact) mass is 394 g/mol. The van der Waals surface area contributed by atoms with Gasteiger partial charge in [-0.1, -0.05) is 24.3 Å². The number of esters is 1. The van der Waals surface area contributed by atoms with Crippen molar-refractivity contribution in [2.45, 2.75) is 37.3 Å². The van der Waals surface area contributed by atoms with Gasteiger partial charge in [0.25, 0.3) is 0 Å². The van der Waals surface area contributed by atoms with E-state index in [-0.39, 0.29) is 0 Å². The molecule has 2 aromatic carbocycles. The summed E-state index contributed by atoms with van der Waals surface area (Å²) >= 11 is 0. The molecule has 8 heteroatoms. The van der Waals surface area contributed by atoms with Crippen LogP contribution in [0.3, 0.4) is 0 Å². The van der Waals surface area contributed by atoms with Crippen LogP contribution in [-0.4, -0.2) is 76.2 Å². The summed E-state index contributed by atoms with van der Waals surface area (Å²) in [4.78, 5) is 12.3. The molecule has 0 amide bonds. The van der Waals surface area contributed by atoms with Crippen LogP contribution in [0.15, 0.2) is 36.4 Å². The molecule has 5 N–H and O–H groups in total. The van der Waals surface area contributed by atoms with E-state index in [0.29, 0.717) is 5.56 Å².